The Morgan fingerprint density at radius 2 is 1.94 bits per heavy atom. The van der Waals surface area contributed by atoms with Gasteiger partial charge in [0.2, 0.25) is 0 Å². The molecule has 4 rings (SSSR count). The van der Waals surface area contributed by atoms with E-state index in [4.69, 9.17) is 9.47 Å². The third-order valence-corrected chi connectivity index (χ3v) is 5.54. The average molecular weight is 439 g/mol. The molecule has 1 saturated heterocycles. The molecule has 0 aliphatic carbocycles. The second-order valence-corrected chi connectivity index (χ2v) is 7.75. The van der Waals surface area contributed by atoms with Crippen LogP contribution in [0.4, 0.5) is 5.82 Å². The van der Waals surface area contributed by atoms with Gasteiger partial charge in [-0.3, -0.25) is 19.2 Å². The van der Waals surface area contributed by atoms with Gasteiger partial charge >= 0.3 is 0 Å². The fraction of sp³-hybridized carbons (Fsp3) is 0.478. The van der Waals surface area contributed by atoms with Crippen molar-refractivity contribution in [2.45, 2.75) is 20.4 Å². The Balaban J connectivity index is 1.62. The summed E-state index contributed by atoms with van der Waals surface area (Å²) in [6, 6.07) is 5.91. The number of nitrogens with zero attached hydrogens (tertiary/aromatic N) is 5. The third kappa shape index (κ3) is 5.29. The van der Waals surface area contributed by atoms with E-state index < -0.39 is 0 Å². The molecule has 1 aliphatic rings. The van der Waals surface area contributed by atoms with Crippen molar-refractivity contribution >= 4 is 17.0 Å². The molecule has 3 aromatic rings. The van der Waals surface area contributed by atoms with Gasteiger partial charge in [0.05, 0.1) is 25.3 Å². The topological polar surface area (TPSA) is 94.4 Å². The summed E-state index contributed by atoms with van der Waals surface area (Å²) in [6.45, 7) is 10.1. The van der Waals surface area contributed by atoms with Crippen LogP contribution in [-0.2, 0) is 16.0 Å². The molecular formula is C23H30N6O3. The fourth-order valence-electron chi connectivity index (χ4n) is 3.71. The third-order valence-electron chi connectivity index (χ3n) is 5.54. The standard InChI is InChI=1S/C23H30N6O3/c1-3-31-13-10-29-20-14-19(18-5-4-17(2)25-15-18)16-26-21(20)27-22(23(29)30)24-6-7-28-8-11-32-12-9-28/h4-5,14-16H,3,6-13H2,1-2H3,(H,24,26,27). The van der Waals surface area contributed by atoms with Gasteiger partial charge in [0, 0.05) is 68.5 Å². The van der Waals surface area contributed by atoms with Crippen molar-refractivity contribution in [3.8, 4) is 11.1 Å². The SMILES string of the molecule is CCOCCn1c(=O)c(NCCN2CCOCC2)nc2ncc(-c3ccc(C)nc3)cc21. The van der Waals surface area contributed by atoms with E-state index in [1.807, 2.05) is 38.2 Å². The van der Waals surface area contributed by atoms with Crippen LogP contribution in [0.2, 0.25) is 0 Å². The van der Waals surface area contributed by atoms with Crippen molar-refractivity contribution in [3.63, 3.8) is 0 Å². The van der Waals surface area contributed by atoms with E-state index in [2.05, 4.69) is 25.2 Å². The first-order chi connectivity index (χ1) is 15.7. The van der Waals surface area contributed by atoms with Crippen LogP contribution in [0, 0.1) is 6.92 Å². The monoisotopic (exact) mass is 438 g/mol. The Hall–Kier alpha value is -2.88. The molecule has 0 atom stereocenters. The average Bonchev–Trinajstić information content (AvgIpc) is 2.82. The van der Waals surface area contributed by atoms with Crippen LogP contribution in [-0.4, -0.2) is 77.0 Å². The molecule has 4 heterocycles. The highest BCUT2D eigenvalue weighted by atomic mass is 16.5. The summed E-state index contributed by atoms with van der Waals surface area (Å²) in [6.07, 6.45) is 3.59. The molecule has 0 spiro atoms. The highest BCUT2D eigenvalue weighted by molar-refractivity contribution is 5.78. The maximum Gasteiger partial charge on any atom is 0.293 e. The van der Waals surface area contributed by atoms with Crippen molar-refractivity contribution in [2.24, 2.45) is 0 Å². The number of nitrogens with one attached hydrogen (secondary N) is 1. The zero-order valence-electron chi connectivity index (χ0n) is 18.7. The molecule has 9 nitrogen and oxygen atoms in total. The van der Waals surface area contributed by atoms with Gasteiger partial charge < -0.3 is 14.8 Å². The smallest absolute Gasteiger partial charge is 0.293 e. The van der Waals surface area contributed by atoms with E-state index in [1.165, 1.54) is 0 Å². The predicted octanol–water partition coefficient (Wildman–Crippen LogP) is 1.94. The summed E-state index contributed by atoms with van der Waals surface area (Å²) in [5.74, 6) is 0.319. The number of hydrogen-bond donors (Lipinski definition) is 1. The molecule has 1 fully saturated rings. The first kappa shape index (κ1) is 22.3. The normalized spacial score (nSPS) is 14.7. The molecule has 3 aromatic heterocycles. The van der Waals surface area contributed by atoms with Gasteiger partial charge in [0.25, 0.3) is 5.56 Å². The number of fused-ring (bicyclic) bond motifs is 1. The van der Waals surface area contributed by atoms with Gasteiger partial charge in [0.1, 0.15) is 0 Å². The molecular weight excluding hydrogens is 408 g/mol. The molecule has 0 unspecified atom stereocenters. The Labute approximate surface area is 187 Å². The highest BCUT2D eigenvalue weighted by Gasteiger charge is 2.15. The molecule has 0 bridgehead atoms. The molecule has 32 heavy (non-hydrogen) atoms. The molecule has 1 aliphatic heterocycles. The molecule has 1 N–H and O–H groups in total. The second kappa shape index (κ2) is 10.6. The lowest BCUT2D eigenvalue weighted by Crippen LogP contribution is -2.39. The number of pyridine rings is 2. The van der Waals surface area contributed by atoms with Crippen molar-refractivity contribution in [3.05, 3.63) is 46.6 Å². The molecule has 0 amide bonds. The van der Waals surface area contributed by atoms with Gasteiger partial charge in [-0.15, -0.1) is 0 Å². The lowest BCUT2D eigenvalue weighted by Gasteiger charge is -2.26. The minimum atomic E-state index is -0.167. The van der Waals surface area contributed by atoms with E-state index in [0.717, 1.165) is 49.7 Å². The second-order valence-electron chi connectivity index (χ2n) is 7.75. The number of anilines is 1. The van der Waals surface area contributed by atoms with Gasteiger partial charge in [-0.05, 0) is 26.0 Å². The van der Waals surface area contributed by atoms with Crippen LogP contribution in [0.5, 0.6) is 0 Å². The van der Waals surface area contributed by atoms with E-state index in [-0.39, 0.29) is 5.56 Å². The molecule has 0 radical (unpaired) electrons. The minimum Gasteiger partial charge on any atom is -0.380 e. The van der Waals surface area contributed by atoms with E-state index >= 15 is 0 Å². The van der Waals surface area contributed by atoms with Gasteiger partial charge in [-0.1, -0.05) is 6.07 Å². The van der Waals surface area contributed by atoms with Crippen molar-refractivity contribution < 1.29 is 9.47 Å². The molecule has 170 valence electrons. The van der Waals surface area contributed by atoms with E-state index in [0.29, 0.717) is 43.3 Å². The summed E-state index contributed by atoms with van der Waals surface area (Å²) in [7, 11) is 0. The Bertz CT molecular complexity index is 1090. The Kier molecular flexibility index (Phi) is 7.41. The maximum atomic E-state index is 13.3. The highest BCUT2D eigenvalue weighted by Crippen LogP contribution is 2.21. The molecule has 9 heteroatoms. The first-order valence-electron chi connectivity index (χ1n) is 11.1. The van der Waals surface area contributed by atoms with Crippen LogP contribution >= 0.6 is 0 Å². The number of aryl methyl sites for hydroxylation is 1. The van der Waals surface area contributed by atoms with Gasteiger partial charge in [0.15, 0.2) is 11.5 Å². The number of ether oxygens (including phenoxy) is 2. The lowest BCUT2D eigenvalue weighted by atomic mass is 10.1. The Morgan fingerprint density at radius 3 is 2.69 bits per heavy atom. The van der Waals surface area contributed by atoms with Crippen molar-refractivity contribution in [1.82, 2.24) is 24.4 Å². The maximum absolute atomic E-state index is 13.3. The largest absolute Gasteiger partial charge is 0.380 e. The quantitative estimate of drug-likeness (QED) is 0.507. The number of morpholine rings is 1. The van der Waals surface area contributed by atoms with Crippen LogP contribution in [0.25, 0.3) is 22.3 Å². The minimum absolute atomic E-state index is 0.167. The van der Waals surface area contributed by atoms with Crippen molar-refractivity contribution in [2.75, 3.05) is 57.9 Å². The van der Waals surface area contributed by atoms with Crippen LogP contribution in [0.3, 0.4) is 0 Å². The zero-order chi connectivity index (χ0) is 22.3. The number of rotatable bonds is 9. The summed E-state index contributed by atoms with van der Waals surface area (Å²) < 4.78 is 12.6. The first-order valence-corrected chi connectivity index (χ1v) is 11.1. The number of aromatic nitrogens is 4. The van der Waals surface area contributed by atoms with E-state index in [9.17, 15) is 4.79 Å². The zero-order valence-corrected chi connectivity index (χ0v) is 18.7. The van der Waals surface area contributed by atoms with Gasteiger partial charge in [-0.25, -0.2) is 9.97 Å². The molecule has 0 aromatic carbocycles. The summed E-state index contributed by atoms with van der Waals surface area (Å²) in [5.41, 5.74) is 3.84. The summed E-state index contributed by atoms with van der Waals surface area (Å²) in [4.78, 5) is 29.0. The van der Waals surface area contributed by atoms with Crippen molar-refractivity contribution in [1.29, 1.82) is 0 Å². The van der Waals surface area contributed by atoms with Crippen LogP contribution in [0.15, 0.2) is 35.4 Å². The number of hydrogen-bond acceptors (Lipinski definition) is 8. The lowest BCUT2D eigenvalue weighted by molar-refractivity contribution is 0.0398. The van der Waals surface area contributed by atoms with Crippen LogP contribution in [0.1, 0.15) is 12.6 Å². The summed E-state index contributed by atoms with van der Waals surface area (Å²) in [5, 5.41) is 3.22. The fourth-order valence-corrected chi connectivity index (χ4v) is 3.71. The Morgan fingerprint density at radius 1 is 1.12 bits per heavy atom. The van der Waals surface area contributed by atoms with E-state index in [1.54, 1.807) is 10.8 Å². The summed E-state index contributed by atoms with van der Waals surface area (Å²) >= 11 is 0. The predicted molar refractivity (Wildman–Crippen MR) is 124 cm³/mol. The molecule has 0 saturated carbocycles. The van der Waals surface area contributed by atoms with Gasteiger partial charge in [-0.2, -0.15) is 0 Å². The van der Waals surface area contributed by atoms with Crippen LogP contribution < -0.4 is 10.9 Å².